The number of rotatable bonds is 4. The van der Waals surface area contributed by atoms with Gasteiger partial charge in [0.25, 0.3) is 0 Å². The van der Waals surface area contributed by atoms with Crippen LogP contribution in [0.2, 0.25) is 0 Å². The SMILES string of the molecule is CCOC(=O)C(C)N1CCC(N2CCCCC2)CC1. The fraction of sp³-hybridized carbons (Fsp3) is 0.933. The van der Waals surface area contributed by atoms with Gasteiger partial charge in [0.2, 0.25) is 0 Å². The fourth-order valence-electron chi connectivity index (χ4n) is 3.33. The van der Waals surface area contributed by atoms with Crippen LogP contribution >= 0.6 is 0 Å². The van der Waals surface area contributed by atoms with Gasteiger partial charge in [-0.2, -0.15) is 0 Å². The summed E-state index contributed by atoms with van der Waals surface area (Å²) >= 11 is 0. The van der Waals surface area contributed by atoms with E-state index in [2.05, 4.69) is 9.80 Å². The number of carbonyl (C=O) groups excluding carboxylic acids is 1. The second-order valence-corrected chi connectivity index (χ2v) is 5.79. The van der Waals surface area contributed by atoms with E-state index in [9.17, 15) is 4.79 Å². The summed E-state index contributed by atoms with van der Waals surface area (Å²) in [6, 6.07) is 0.660. The second-order valence-electron chi connectivity index (χ2n) is 5.79. The van der Waals surface area contributed by atoms with E-state index in [-0.39, 0.29) is 12.0 Å². The van der Waals surface area contributed by atoms with Crippen molar-refractivity contribution in [3.8, 4) is 0 Å². The van der Waals surface area contributed by atoms with Gasteiger partial charge < -0.3 is 9.64 Å². The van der Waals surface area contributed by atoms with E-state index in [1.165, 1.54) is 45.2 Å². The highest BCUT2D eigenvalue weighted by Gasteiger charge is 2.30. The van der Waals surface area contributed by atoms with Gasteiger partial charge in [-0.05, 0) is 52.6 Å². The van der Waals surface area contributed by atoms with Gasteiger partial charge in [-0.3, -0.25) is 9.69 Å². The summed E-state index contributed by atoms with van der Waals surface area (Å²) in [5.74, 6) is -0.0704. The molecule has 1 atom stereocenters. The van der Waals surface area contributed by atoms with E-state index >= 15 is 0 Å². The maximum atomic E-state index is 11.8. The molecule has 0 amide bonds. The molecular formula is C15H28N2O2. The lowest BCUT2D eigenvalue weighted by Gasteiger charge is -2.41. The molecule has 2 saturated heterocycles. The quantitative estimate of drug-likeness (QED) is 0.729. The Balaban J connectivity index is 1.76. The molecule has 2 rings (SSSR count). The molecule has 4 heteroatoms. The minimum atomic E-state index is -0.0812. The number of piperidine rings is 2. The van der Waals surface area contributed by atoms with E-state index in [0.29, 0.717) is 6.61 Å². The molecule has 2 fully saturated rings. The number of hydrogen-bond acceptors (Lipinski definition) is 4. The van der Waals surface area contributed by atoms with Gasteiger partial charge in [-0.25, -0.2) is 0 Å². The van der Waals surface area contributed by atoms with Gasteiger partial charge >= 0.3 is 5.97 Å². The first kappa shape index (κ1) is 14.8. The van der Waals surface area contributed by atoms with Gasteiger partial charge in [-0.15, -0.1) is 0 Å². The van der Waals surface area contributed by atoms with Gasteiger partial charge in [0, 0.05) is 19.1 Å². The van der Waals surface area contributed by atoms with Crippen molar-refractivity contribution >= 4 is 5.97 Å². The Morgan fingerprint density at radius 1 is 1.16 bits per heavy atom. The van der Waals surface area contributed by atoms with E-state index in [1.807, 2.05) is 13.8 Å². The minimum Gasteiger partial charge on any atom is -0.465 e. The molecule has 1 unspecified atom stereocenters. The lowest BCUT2D eigenvalue weighted by atomic mass is 9.99. The monoisotopic (exact) mass is 268 g/mol. The Morgan fingerprint density at radius 2 is 1.79 bits per heavy atom. The third-order valence-electron chi connectivity index (χ3n) is 4.58. The largest absolute Gasteiger partial charge is 0.465 e. The molecule has 0 aromatic heterocycles. The Hall–Kier alpha value is -0.610. The number of carbonyl (C=O) groups is 1. The van der Waals surface area contributed by atoms with Crippen molar-refractivity contribution in [1.82, 2.24) is 9.80 Å². The number of hydrogen-bond donors (Lipinski definition) is 0. The lowest BCUT2D eigenvalue weighted by molar-refractivity contribution is -0.149. The molecule has 0 aromatic rings. The van der Waals surface area contributed by atoms with Gasteiger partial charge in [0.1, 0.15) is 6.04 Å². The minimum absolute atomic E-state index is 0.0704. The van der Waals surface area contributed by atoms with Crippen LogP contribution in [0.5, 0.6) is 0 Å². The van der Waals surface area contributed by atoms with Crippen molar-refractivity contribution in [2.24, 2.45) is 0 Å². The molecule has 19 heavy (non-hydrogen) atoms. The van der Waals surface area contributed by atoms with Crippen LogP contribution in [0.1, 0.15) is 46.0 Å². The number of likely N-dealkylation sites (tertiary alicyclic amines) is 2. The van der Waals surface area contributed by atoms with Crippen LogP contribution in [0.3, 0.4) is 0 Å². The van der Waals surface area contributed by atoms with Crippen molar-refractivity contribution < 1.29 is 9.53 Å². The van der Waals surface area contributed by atoms with E-state index in [0.717, 1.165) is 19.1 Å². The predicted molar refractivity (Wildman–Crippen MR) is 76.1 cm³/mol. The average molecular weight is 268 g/mol. The zero-order chi connectivity index (χ0) is 13.7. The third-order valence-corrected chi connectivity index (χ3v) is 4.58. The molecule has 2 aliphatic heterocycles. The van der Waals surface area contributed by atoms with E-state index < -0.39 is 0 Å². The average Bonchev–Trinajstić information content (AvgIpc) is 2.48. The Kier molecular flexibility index (Phi) is 5.64. The fourth-order valence-corrected chi connectivity index (χ4v) is 3.33. The molecule has 0 bridgehead atoms. The third kappa shape index (κ3) is 3.93. The van der Waals surface area contributed by atoms with Gasteiger partial charge in [0.05, 0.1) is 6.61 Å². The Labute approximate surface area is 117 Å². The van der Waals surface area contributed by atoms with Crippen LogP contribution in [0.4, 0.5) is 0 Å². The van der Waals surface area contributed by atoms with E-state index in [1.54, 1.807) is 0 Å². The standard InChI is InChI=1S/C15H28N2O2/c1-3-19-15(18)13(2)16-11-7-14(8-12-16)17-9-5-4-6-10-17/h13-14H,3-12H2,1-2H3. The summed E-state index contributed by atoms with van der Waals surface area (Å²) in [4.78, 5) is 16.7. The first-order chi connectivity index (χ1) is 9.22. The molecule has 0 saturated carbocycles. The van der Waals surface area contributed by atoms with Crippen LogP contribution in [0.25, 0.3) is 0 Å². The lowest BCUT2D eigenvalue weighted by Crippen LogP contribution is -2.50. The van der Waals surface area contributed by atoms with Crippen molar-refractivity contribution in [2.45, 2.75) is 58.0 Å². The molecule has 0 aromatic carbocycles. The van der Waals surface area contributed by atoms with Crippen LogP contribution < -0.4 is 0 Å². The maximum absolute atomic E-state index is 11.8. The number of nitrogens with zero attached hydrogens (tertiary/aromatic N) is 2. The Bertz CT molecular complexity index is 282. The molecule has 110 valence electrons. The molecule has 4 nitrogen and oxygen atoms in total. The highest BCUT2D eigenvalue weighted by molar-refractivity contribution is 5.75. The molecule has 0 radical (unpaired) electrons. The molecule has 0 spiro atoms. The Morgan fingerprint density at radius 3 is 2.37 bits per heavy atom. The second kappa shape index (κ2) is 7.25. The summed E-state index contributed by atoms with van der Waals surface area (Å²) in [6.45, 7) is 8.93. The van der Waals surface area contributed by atoms with Crippen LogP contribution in [-0.4, -0.2) is 60.6 Å². The van der Waals surface area contributed by atoms with Crippen molar-refractivity contribution in [2.75, 3.05) is 32.8 Å². The first-order valence-corrected chi connectivity index (χ1v) is 7.87. The molecule has 0 N–H and O–H groups in total. The number of esters is 1. The summed E-state index contributed by atoms with van der Waals surface area (Å²) in [6.07, 6.45) is 6.52. The van der Waals surface area contributed by atoms with Crippen LogP contribution in [-0.2, 0) is 9.53 Å². The van der Waals surface area contributed by atoms with Gasteiger partial charge in [-0.1, -0.05) is 6.42 Å². The van der Waals surface area contributed by atoms with Crippen molar-refractivity contribution in [3.63, 3.8) is 0 Å². The molecule has 2 heterocycles. The summed E-state index contributed by atoms with van der Waals surface area (Å²) in [7, 11) is 0. The first-order valence-electron chi connectivity index (χ1n) is 7.87. The van der Waals surface area contributed by atoms with Crippen LogP contribution in [0, 0.1) is 0 Å². The summed E-state index contributed by atoms with van der Waals surface area (Å²) < 4.78 is 5.11. The van der Waals surface area contributed by atoms with Crippen molar-refractivity contribution in [1.29, 1.82) is 0 Å². The topological polar surface area (TPSA) is 32.8 Å². The predicted octanol–water partition coefficient (Wildman–Crippen LogP) is 1.89. The maximum Gasteiger partial charge on any atom is 0.323 e. The van der Waals surface area contributed by atoms with Crippen molar-refractivity contribution in [3.05, 3.63) is 0 Å². The zero-order valence-electron chi connectivity index (χ0n) is 12.4. The van der Waals surface area contributed by atoms with E-state index in [4.69, 9.17) is 4.74 Å². The van der Waals surface area contributed by atoms with Crippen LogP contribution in [0.15, 0.2) is 0 Å². The summed E-state index contributed by atoms with van der Waals surface area (Å²) in [5, 5.41) is 0. The smallest absolute Gasteiger partial charge is 0.323 e. The molecule has 0 aliphatic carbocycles. The number of ether oxygens (including phenoxy) is 1. The normalized spacial score (nSPS) is 25.2. The molecular weight excluding hydrogens is 240 g/mol. The van der Waals surface area contributed by atoms with Gasteiger partial charge in [0.15, 0.2) is 0 Å². The zero-order valence-corrected chi connectivity index (χ0v) is 12.4. The highest BCUT2D eigenvalue weighted by atomic mass is 16.5. The highest BCUT2D eigenvalue weighted by Crippen LogP contribution is 2.22. The summed E-state index contributed by atoms with van der Waals surface area (Å²) in [5.41, 5.74) is 0. The molecule has 2 aliphatic rings.